The molecular weight excluding hydrogens is 849 g/mol. The molecule has 2 heterocycles. The molecule has 326 valence electrons. The van der Waals surface area contributed by atoms with E-state index >= 15 is 0 Å². The molecule has 11 aromatic carbocycles. The molecule has 0 bridgehead atoms. The van der Waals surface area contributed by atoms with Gasteiger partial charge in [-0.3, -0.25) is 0 Å². The van der Waals surface area contributed by atoms with E-state index < -0.39 is 5.41 Å². The highest BCUT2D eigenvalue weighted by Gasteiger charge is 2.51. The van der Waals surface area contributed by atoms with Crippen LogP contribution in [0.4, 0.5) is 17.1 Å². The molecule has 70 heavy (non-hydrogen) atoms. The van der Waals surface area contributed by atoms with Gasteiger partial charge in [0.25, 0.3) is 0 Å². The molecule has 4 heteroatoms. The molecule has 1 aliphatic heterocycles. The first-order valence-corrected chi connectivity index (χ1v) is 23.9. The van der Waals surface area contributed by atoms with Crippen LogP contribution in [-0.4, -0.2) is 15.0 Å². The van der Waals surface area contributed by atoms with Crippen molar-refractivity contribution in [2.45, 2.75) is 5.41 Å². The lowest BCUT2D eigenvalue weighted by atomic mass is 9.64. The van der Waals surface area contributed by atoms with Crippen molar-refractivity contribution in [2.24, 2.45) is 0 Å². The highest BCUT2D eigenvalue weighted by molar-refractivity contribution is 5.97. The van der Waals surface area contributed by atoms with Crippen LogP contribution in [0.3, 0.4) is 0 Å². The van der Waals surface area contributed by atoms with Crippen molar-refractivity contribution < 1.29 is 0 Å². The van der Waals surface area contributed by atoms with Gasteiger partial charge in [0.15, 0.2) is 17.5 Å². The number of hydrogen-bond acceptors (Lipinski definition) is 4. The third kappa shape index (κ3) is 6.27. The van der Waals surface area contributed by atoms with E-state index in [0.717, 1.165) is 49.8 Å². The average molecular weight is 891 g/mol. The first kappa shape index (κ1) is 39.9. The number of para-hydroxylation sites is 3. The van der Waals surface area contributed by atoms with Gasteiger partial charge in [-0.25, -0.2) is 15.0 Å². The topological polar surface area (TPSA) is 41.9 Å². The predicted octanol–water partition coefficient (Wildman–Crippen LogP) is 16.7. The van der Waals surface area contributed by atoms with E-state index in [9.17, 15) is 0 Å². The van der Waals surface area contributed by atoms with E-state index in [0.29, 0.717) is 17.5 Å². The fraction of sp³-hybridized carbons (Fsp3) is 0.0152. The quantitative estimate of drug-likeness (QED) is 0.167. The summed E-state index contributed by atoms with van der Waals surface area (Å²) >= 11 is 0. The summed E-state index contributed by atoms with van der Waals surface area (Å²) < 4.78 is 0. The molecule has 12 aromatic rings. The highest BCUT2D eigenvalue weighted by atomic mass is 15.2. The maximum Gasteiger partial charge on any atom is 0.164 e. The molecule has 1 aliphatic carbocycles. The zero-order valence-electron chi connectivity index (χ0n) is 38.0. The van der Waals surface area contributed by atoms with E-state index in [4.69, 9.17) is 15.0 Å². The summed E-state index contributed by atoms with van der Waals surface area (Å²) in [7, 11) is 0. The number of anilines is 3. The fourth-order valence-corrected chi connectivity index (χ4v) is 11.3. The van der Waals surface area contributed by atoms with Crippen LogP contribution in [0, 0.1) is 0 Å². The second-order valence-corrected chi connectivity index (χ2v) is 18.4. The van der Waals surface area contributed by atoms with Crippen LogP contribution in [0.1, 0.15) is 22.3 Å². The molecule has 0 N–H and O–H groups in total. The molecule has 2 aliphatic rings. The van der Waals surface area contributed by atoms with Crippen LogP contribution in [0.15, 0.2) is 255 Å². The van der Waals surface area contributed by atoms with Crippen molar-refractivity contribution in [3.8, 4) is 67.5 Å². The molecule has 14 rings (SSSR count). The van der Waals surface area contributed by atoms with Crippen molar-refractivity contribution in [3.05, 3.63) is 277 Å². The van der Waals surface area contributed by atoms with Crippen molar-refractivity contribution in [1.29, 1.82) is 0 Å². The highest BCUT2D eigenvalue weighted by Crippen LogP contribution is 2.63. The van der Waals surface area contributed by atoms with Gasteiger partial charge in [-0.1, -0.05) is 200 Å². The van der Waals surface area contributed by atoms with Crippen molar-refractivity contribution in [1.82, 2.24) is 15.0 Å². The van der Waals surface area contributed by atoms with E-state index in [2.05, 4.69) is 260 Å². The van der Waals surface area contributed by atoms with Crippen LogP contribution in [0.5, 0.6) is 0 Å². The number of rotatable bonds is 6. The van der Waals surface area contributed by atoms with Gasteiger partial charge >= 0.3 is 0 Å². The summed E-state index contributed by atoms with van der Waals surface area (Å²) in [6, 6.07) is 92.1. The molecule has 0 unspecified atom stereocenters. The third-order valence-electron chi connectivity index (χ3n) is 14.5. The molecule has 4 nitrogen and oxygen atoms in total. The summed E-state index contributed by atoms with van der Waals surface area (Å²) in [5, 5.41) is 4.63. The average Bonchev–Trinajstić information content (AvgIpc) is 3.73. The lowest BCUT2D eigenvalue weighted by molar-refractivity contribution is 0.753. The van der Waals surface area contributed by atoms with Gasteiger partial charge in [0, 0.05) is 22.4 Å². The Morgan fingerprint density at radius 2 is 0.671 bits per heavy atom. The number of aromatic nitrogens is 3. The summed E-state index contributed by atoms with van der Waals surface area (Å²) in [6.07, 6.45) is 0. The minimum atomic E-state index is -0.533. The molecule has 0 atom stereocenters. The summed E-state index contributed by atoms with van der Waals surface area (Å²) in [5.41, 5.74) is 18.0. The molecule has 1 aromatic heterocycles. The third-order valence-corrected chi connectivity index (χ3v) is 14.5. The van der Waals surface area contributed by atoms with Crippen LogP contribution in [0.2, 0.25) is 0 Å². The minimum Gasteiger partial charge on any atom is -0.310 e. The zero-order chi connectivity index (χ0) is 46.2. The van der Waals surface area contributed by atoms with Crippen LogP contribution < -0.4 is 4.90 Å². The van der Waals surface area contributed by atoms with Gasteiger partial charge in [-0.15, -0.1) is 0 Å². The lowest BCUT2D eigenvalue weighted by Gasteiger charge is -2.45. The zero-order valence-corrected chi connectivity index (χ0v) is 38.0. The van der Waals surface area contributed by atoms with Gasteiger partial charge in [0.1, 0.15) is 0 Å². The van der Waals surface area contributed by atoms with E-state index in [1.807, 2.05) is 0 Å². The Hall–Kier alpha value is -9.25. The predicted molar refractivity (Wildman–Crippen MR) is 288 cm³/mol. The number of benzene rings is 11. The van der Waals surface area contributed by atoms with E-state index in [1.54, 1.807) is 0 Å². The Kier molecular flexibility index (Phi) is 9.08. The minimum absolute atomic E-state index is 0.533. The Morgan fingerprint density at radius 3 is 1.26 bits per heavy atom. The monoisotopic (exact) mass is 890 g/mol. The standard InChI is InChI=1S/C66H42N4/c1-2-24-54(25-3-1)70-61-30-12-10-28-58(61)66(59-29-11-13-31-62(59)70)57-27-9-8-26-55(57)56-37-36-50(42-60(56)66)48-21-14-20-47(38-48)49-22-15-23-51(41-49)63-67-64(52-34-32-43-16-4-6-18-45(43)39-52)69-65(68-63)53-35-33-44-17-5-7-19-46(44)40-53/h1-42H. The molecule has 0 saturated carbocycles. The SMILES string of the molecule is c1ccc(N2c3ccccc3C3(c4ccccc4-c4ccc(-c5cccc(-c6cccc(-c7nc(-c8ccc9ccccc9c8)nc(-c8ccc9ccccc9c8)n7)c6)c5)cc43)c3ccccc32)cc1. The van der Waals surface area contributed by atoms with Crippen molar-refractivity contribution >= 4 is 38.6 Å². The number of hydrogen-bond donors (Lipinski definition) is 0. The van der Waals surface area contributed by atoms with Gasteiger partial charge < -0.3 is 4.90 Å². The molecule has 1 spiro atoms. The van der Waals surface area contributed by atoms with Crippen LogP contribution in [0.25, 0.3) is 89.1 Å². The second-order valence-electron chi connectivity index (χ2n) is 18.4. The van der Waals surface area contributed by atoms with E-state index in [-0.39, 0.29) is 0 Å². The van der Waals surface area contributed by atoms with Gasteiger partial charge in [-0.2, -0.15) is 0 Å². The maximum atomic E-state index is 5.19. The van der Waals surface area contributed by atoms with E-state index in [1.165, 1.54) is 61.1 Å². The maximum absolute atomic E-state index is 5.19. The largest absolute Gasteiger partial charge is 0.310 e. The lowest BCUT2D eigenvalue weighted by Crippen LogP contribution is -2.36. The molecule has 0 saturated heterocycles. The molecule has 0 radical (unpaired) electrons. The number of nitrogens with zero attached hydrogens (tertiary/aromatic N) is 4. The van der Waals surface area contributed by atoms with Gasteiger partial charge in [0.2, 0.25) is 0 Å². The van der Waals surface area contributed by atoms with Crippen LogP contribution in [-0.2, 0) is 5.41 Å². The van der Waals surface area contributed by atoms with Gasteiger partial charge in [-0.05, 0) is 132 Å². The Labute approximate surface area is 406 Å². The Bertz CT molecular complexity index is 3900. The van der Waals surface area contributed by atoms with Crippen molar-refractivity contribution in [2.75, 3.05) is 4.90 Å². The Balaban J connectivity index is 0.889. The molecule has 0 amide bonds. The first-order chi connectivity index (χ1) is 34.7. The Morgan fingerprint density at radius 1 is 0.257 bits per heavy atom. The first-order valence-electron chi connectivity index (χ1n) is 23.9. The summed E-state index contributed by atoms with van der Waals surface area (Å²) in [4.78, 5) is 17.9. The normalized spacial score (nSPS) is 12.9. The smallest absolute Gasteiger partial charge is 0.164 e. The van der Waals surface area contributed by atoms with Gasteiger partial charge in [0.05, 0.1) is 16.8 Å². The van der Waals surface area contributed by atoms with Crippen LogP contribution >= 0.6 is 0 Å². The summed E-state index contributed by atoms with van der Waals surface area (Å²) in [5.74, 6) is 1.90. The second kappa shape index (κ2) is 15.9. The molecular formula is C66H42N4. The summed E-state index contributed by atoms with van der Waals surface area (Å²) in [6.45, 7) is 0. The number of fused-ring (bicyclic) bond motifs is 11. The molecule has 0 fully saturated rings. The fourth-order valence-electron chi connectivity index (χ4n) is 11.3. The van der Waals surface area contributed by atoms with Crippen molar-refractivity contribution in [3.63, 3.8) is 0 Å².